The van der Waals surface area contributed by atoms with Crippen molar-refractivity contribution in [2.45, 2.75) is 40.3 Å². The van der Waals surface area contributed by atoms with Crippen LogP contribution in [0.1, 0.15) is 46.5 Å². The Hall–Kier alpha value is -1.69. The number of nitrogens with one attached hydrogen (secondary N) is 1. The van der Waals surface area contributed by atoms with Crippen LogP contribution in [0.2, 0.25) is 0 Å². The van der Waals surface area contributed by atoms with Crippen molar-refractivity contribution in [2.24, 2.45) is 0 Å². The molecule has 6 heteroatoms. The molecule has 0 saturated carbocycles. The summed E-state index contributed by atoms with van der Waals surface area (Å²) in [5, 5.41) is 7.47. The molecular weight excluding hydrogens is 260 g/mol. The Bertz CT molecular complexity index is 574. The van der Waals surface area contributed by atoms with Crippen LogP contribution in [0.3, 0.4) is 0 Å². The van der Waals surface area contributed by atoms with E-state index in [1.165, 1.54) is 11.5 Å². The molecule has 2 aromatic rings. The summed E-state index contributed by atoms with van der Waals surface area (Å²) in [7, 11) is 0. The first-order chi connectivity index (χ1) is 9.04. The van der Waals surface area contributed by atoms with Gasteiger partial charge in [-0.05, 0) is 45.3 Å². The van der Waals surface area contributed by atoms with Crippen molar-refractivity contribution < 1.29 is 4.79 Å². The summed E-state index contributed by atoms with van der Waals surface area (Å²) in [5.41, 5.74) is 3.17. The van der Waals surface area contributed by atoms with Crippen molar-refractivity contribution in [3.63, 3.8) is 0 Å². The molecule has 2 rings (SSSR count). The van der Waals surface area contributed by atoms with Crippen LogP contribution < -0.4 is 5.32 Å². The standard InChI is InChI=1S/C13H18N4OS/c1-5-17-10(4)12(9(3)16-17)8(2)15-13(18)11-6-7-14-19-11/h6-8H,5H2,1-4H3,(H,15,18). The van der Waals surface area contributed by atoms with E-state index >= 15 is 0 Å². The Labute approximate surface area is 116 Å². The van der Waals surface area contributed by atoms with Crippen LogP contribution in [-0.2, 0) is 6.54 Å². The molecule has 0 aromatic carbocycles. The predicted octanol–water partition coefficient (Wildman–Crippen LogP) is 2.47. The molecule has 2 aromatic heterocycles. The van der Waals surface area contributed by atoms with Crippen LogP contribution in [0.4, 0.5) is 0 Å². The summed E-state index contributed by atoms with van der Waals surface area (Å²) in [6, 6.07) is 1.66. The minimum atomic E-state index is -0.0851. The number of carbonyl (C=O) groups excluding carboxylic acids is 1. The average Bonchev–Trinajstić information content (AvgIpc) is 2.97. The number of aromatic nitrogens is 3. The molecule has 0 radical (unpaired) electrons. The average molecular weight is 278 g/mol. The second-order valence-electron chi connectivity index (χ2n) is 4.47. The Morgan fingerprint density at radius 2 is 2.26 bits per heavy atom. The van der Waals surface area contributed by atoms with Crippen LogP contribution in [-0.4, -0.2) is 20.1 Å². The topological polar surface area (TPSA) is 59.8 Å². The van der Waals surface area contributed by atoms with Gasteiger partial charge in [0.2, 0.25) is 0 Å². The van der Waals surface area contributed by atoms with E-state index in [-0.39, 0.29) is 11.9 Å². The first kappa shape index (κ1) is 13.7. The molecule has 0 aliphatic rings. The Kier molecular flexibility index (Phi) is 3.99. The van der Waals surface area contributed by atoms with Gasteiger partial charge in [-0.3, -0.25) is 9.48 Å². The van der Waals surface area contributed by atoms with Crippen molar-refractivity contribution in [1.82, 2.24) is 19.5 Å². The first-order valence-corrected chi connectivity index (χ1v) is 7.07. The first-order valence-electron chi connectivity index (χ1n) is 6.30. The van der Waals surface area contributed by atoms with Gasteiger partial charge in [0.05, 0.1) is 11.7 Å². The highest BCUT2D eigenvalue weighted by Crippen LogP contribution is 2.22. The molecule has 1 unspecified atom stereocenters. The summed E-state index contributed by atoms with van der Waals surface area (Å²) in [4.78, 5) is 12.7. The van der Waals surface area contributed by atoms with Gasteiger partial charge in [-0.2, -0.15) is 5.10 Å². The van der Waals surface area contributed by atoms with Gasteiger partial charge in [-0.15, -0.1) is 0 Å². The molecule has 0 aliphatic heterocycles. The second kappa shape index (κ2) is 5.52. The zero-order valence-electron chi connectivity index (χ0n) is 11.6. The fourth-order valence-corrected chi connectivity index (χ4v) is 2.82. The van der Waals surface area contributed by atoms with Gasteiger partial charge in [-0.25, -0.2) is 4.37 Å². The van der Waals surface area contributed by atoms with Gasteiger partial charge in [-0.1, -0.05) is 0 Å². The van der Waals surface area contributed by atoms with Gasteiger partial charge in [0.25, 0.3) is 5.91 Å². The van der Waals surface area contributed by atoms with Crippen LogP contribution >= 0.6 is 11.5 Å². The van der Waals surface area contributed by atoms with E-state index in [1.807, 2.05) is 25.5 Å². The largest absolute Gasteiger partial charge is 0.345 e. The molecule has 102 valence electrons. The van der Waals surface area contributed by atoms with Crippen molar-refractivity contribution in [2.75, 3.05) is 0 Å². The molecule has 5 nitrogen and oxygen atoms in total. The third-order valence-corrected chi connectivity index (χ3v) is 3.92. The molecule has 19 heavy (non-hydrogen) atoms. The third kappa shape index (κ3) is 2.68. The van der Waals surface area contributed by atoms with Crippen molar-refractivity contribution in [3.05, 3.63) is 34.1 Å². The molecule has 0 fully saturated rings. The number of carbonyl (C=O) groups is 1. The van der Waals surface area contributed by atoms with E-state index in [0.717, 1.165) is 23.5 Å². The Morgan fingerprint density at radius 1 is 1.53 bits per heavy atom. The maximum atomic E-state index is 12.0. The van der Waals surface area contributed by atoms with Gasteiger partial charge in [0, 0.05) is 24.0 Å². The summed E-state index contributed by atoms with van der Waals surface area (Å²) in [5.74, 6) is -0.0851. The highest BCUT2D eigenvalue weighted by molar-refractivity contribution is 7.08. The summed E-state index contributed by atoms with van der Waals surface area (Å²) in [6.45, 7) is 8.89. The monoisotopic (exact) mass is 278 g/mol. The normalized spacial score (nSPS) is 12.4. The van der Waals surface area contributed by atoms with Crippen LogP contribution in [0, 0.1) is 13.8 Å². The number of aryl methyl sites for hydroxylation is 2. The van der Waals surface area contributed by atoms with Gasteiger partial charge < -0.3 is 5.32 Å². The highest BCUT2D eigenvalue weighted by atomic mass is 32.1. The molecule has 0 spiro atoms. The lowest BCUT2D eigenvalue weighted by Gasteiger charge is -2.14. The summed E-state index contributed by atoms with van der Waals surface area (Å²) < 4.78 is 5.90. The molecule has 0 bridgehead atoms. The van der Waals surface area contributed by atoms with E-state index in [0.29, 0.717) is 4.88 Å². The smallest absolute Gasteiger partial charge is 0.263 e. The second-order valence-corrected chi connectivity index (χ2v) is 5.31. The summed E-state index contributed by atoms with van der Waals surface area (Å²) in [6.07, 6.45) is 1.63. The number of hydrogen-bond donors (Lipinski definition) is 1. The van der Waals surface area contributed by atoms with E-state index in [4.69, 9.17) is 0 Å². The van der Waals surface area contributed by atoms with E-state index in [1.54, 1.807) is 12.3 Å². The van der Waals surface area contributed by atoms with Crippen molar-refractivity contribution >= 4 is 17.4 Å². The van der Waals surface area contributed by atoms with Crippen molar-refractivity contribution in [1.29, 1.82) is 0 Å². The SMILES string of the molecule is CCn1nc(C)c(C(C)NC(=O)c2ccns2)c1C. The van der Waals surface area contributed by atoms with E-state index in [9.17, 15) is 4.79 Å². The number of hydrogen-bond acceptors (Lipinski definition) is 4. The Morgan fingerprint density at radius 3 is 2.79 bits per heavy atom. The van der Waals surface area contributed by atoms with Crippen LogP contribution in [0.5, 0.6) is 0 Å². The molecule has 1 atom stereocenters. The molecule has 2 heterocycles. The lowest BCUT2D eigenvalue weighted by atomic mass is 10.1. The minimum Gasteiger partial charge on any atom is -0.345 e. The zero-order chi connectivity index (χ0) is 14.0. The van der Waals surface area contributed by atoms with Gasteiger partial charge in [0.15, 0.2) is 0 Å². The minimum absolute atomic E-state index is 0.0603. The fourth-order valence-electron chi connectivity index (χ4n) is 2.32. The molecule has 1 amide bonds. The van der Waals surface area contributed by atoms with Crippen molar-refractivity contribution in [3.8, 4) is 0 Å². The van der Waals surface area contributed by atoms with Crippen LogP contribution in [0.15, 0.2) is 12.3 Å². The highest BCUT2D eigenvalue weighted by Gasteiger charge is 2.19. The van der Waals surface area contributed by atoms with Gasteiger partial charge in [0.1, 0.15) is 4.88 Å². The van der Waals surface area contributed by atoms with Crippen LogP contribution in [0.25, 0.3) is 0 Å². The summed E-state index contributed by atoms with van der Waals surface area (Å²) >= 11 is 1.20. The lowest BCUT2D eigenvalue weighted by Crippen LogP contribution is -2.26. The number of amides is 1. The predicted molar refractivity (Wildman–Crippen MR) is 75.4 cm³/mol. The maximum absolute atomic E-state index is 12.0. The quantitative estimate of drug-likeness (QED) is 0.934. The van der Waals surface area contributed by atoms with E-state index in [2.05, 4.69) is 21.7 Å². The number of rotatable bonds is 4. The maximum Gasteiger partial charge on any atom is 0.263 e. The molecular formula is C13H18N4OS. The fraction of sp³-hybridized carbons (Fsp3) is 0.462. The zero-order valence-corrected chi connectivity index (χ0v) is 12.4. The molecule has 0 saturated heterocycles. The van der Waals surface area contributed by atoms with Gasteiger partial charge >= 0.3 is 0 Å². The third-order valence-electron chi connectivity index (χ3n) is 3.18. The molecule has 1 N–H and O–H groups in total. The Balaban J connectivity index is 2.18. The molecule has 0 aliphatic carbocycles. The number of nitrogens with zero attached hydrogens (tertiary/aromatic N) is 3. The van der Waals surface area contributed by atoms with E-state index < -0.39 is 0 Å². The lowest BCUT2D eigenvalue weighted by molar-refractivity contribution is 0.0944.